The smallest absolute Gasteiger partial charge is 0.348 e. The lowest BCUT2D eigenvalue weighted by Gasteiger charge is -2.15. The summed E-state index contributed by atoms with van der Waals surface area (Å²) in [5, 5.41) is 3.92. The predicted octanol–water partition coefficient (Wildman–Crippen LogP) is 3.89. The number of aromatic nitrogens is 1. The Morgan fingerprint density at radius 2 is 1.83 bits per heavy atom. The number of carbonyl (C=O) groups excluding carboxylic acids is 1. The fourth-order valence-electron chi connectivity index (χ4n) is 2.45. The van der Waals surface area contributed by atoms with Gasteiger partial charge in [0.2, 0.25) is 0 Å². The summed E-state index contributed by atoms with van der Waals surface area (Å²) in [6.07, 6.45) is -4.73. The Morgan fingerprint density at radius 1 is 1.10 bits per heavy atom. The summed E-state index contributed by atoms with van der Waals surface area (Å²) < 4.78 is 66.8. The molecule has 3 rings (SSSR count). The van der Waals surface area contributed by atoms with Gasteiger partial charge in [0.1, 0.15) is 0 Å². The van der Waals surface area contributed by atoms with Crippen LogP contribution in [0.4, 0.5) is 19.0 Å². The summed E-state index contributed by atoms with van der Waals surface area (Å²) in [5.41, 5.74) is 0.606. The molecule has 0 atom stereocenters. The first-order valence-corrected chi connectivity index (χ1v) is 10.5. The van der Waals surface area contributed by atoms with Crippen molar-refractivity contribution in [3.63, 3.8) is 0 Å². The van der Waals surface area contributed by atoms with Crippen LogP contribution in [0.15, 0.2) is 64.3 Å². The second-order valence-corrected chi connectivity index (χ2v) is 8.22. The molecule has 11 heteroatoms. The van der Waals surface area contributed by atoms with Crippen LogP contribution in [0.3, 0.4) is 0 Å². The maximum Gasteiger partial charge on any atom is 0.416 e. The molecule has 2 aromatic carbocycles. The Hall–Kier alpha value is -2.92. The molecule has 0 aliphatic carbocycles. The van der Waals surface area contributed by atoms with Crippen molar-refractivity contribution in [2.24, 2.45) is 0 Å². The molecule has 0 unspecified atom stereocenters. The van der Waals surface area contributed by atoms with E-state index >= 15 is 0 Å². The van der Waals surface area contributed by atoms with Crippen LogP contribution in [0.5, 0.6) is 0 Å². The van der Waals surface area contributed by atoms with E-state index in [4.69, 9.17) is 0 Å². The number of carbonyl (C=O) groups is 1. The summed E-state index contributed by atoms with van der Waals surface area (Å²) in [7, 11) is -4.37. The Morgan fingerprint density at radius 3 is 2.45 bits per heavy atom. The molecule has 0 radical (unpaired) electrons. The molecule has 1 heterocycles. The van der Waals surface area contributed by atoms with Crippen LogP contribution in [0.25, 0.3) is 0 Å². The van der Waals surface area contributed by atoms with Gasteiger partial charge in [0, 0.05) is 17.5 Å². The summed E-state index contributed by atoms with van der Waals surface area (Å²) >= 11 is 1.12. The van der Waals surface area contributed by atoms with E-state index < -0.39 is 32.6 Å². The first-order valence-electron chi connectivity index (χ1n) is 8.11. The minimum absolute atomic E-state index is 0.00464. The highest BCUT2D eigenvalue weighted by atomic mass is 32.2. The molecule has 6 nitrogen and oxygen atoms in total. The zero-order valence-electron chi connectivity index (χ0n) is 14.6. The molecule has 0 saturated carbocycles. The third-order valence-electron chi connectivity index (χ3n) is 3.83. The number of rotatable bonds is 6. The highest BCUT2D eigenvalue weighted by Gasteiger charge is 2.33. The Balaban J connectivity index is 1.92. The van der Waals surface area contributed by atoms with E-state index in [1.165, 1.54) is 10.9 Å². The van der Waals surface area contributed by atoms with Crippen LogP contribution >= 0.6 is 11.3 Å². The zero-order chi connectivity index (χ0) is 21.1. The minimum atomic E-state index is -4.73. The number of anilines is 1. The number of benzene rings is 2. The predicted molar refractivity (Wildman–Crippen MR) is 102 cm³/mol. The third kappa shape index (κ3) is 5.12. The van der Waals surface area contributed by atoms with Crippen LogP contribution in [-0.4, -0.2) is 19.3 Å². The number of hydrogen-bond acceptors (Lipinski definition) is 5. The lowest BCUT2D eigenvalue weighted by molar-refractivity contribution is -0.137. The summed E-state index contributed by atoms with van der Waals surface area (Å²) in [6, 6.07) is 10.5. The van der Waals surface area contributed by atoms with Gasteiger partial charge in [-0.25, -0.2) is 13.4 Å². The van der Waals surface area contributed by atoms with Gasteiger partial charge >= 0.3 is 6.18 Å². The highest BCUT2D eigenvalue weighted by molar-refractivity contribution is 7.92. The normalized spacial score (nSPS) is 11.8. The molecule has 0 bridgehead atoms. The van der Waals surface area contributed by atoms with Crippen LogP contribution in [0.2, 0.25) is 0 Å². The van der Waals surface area contributed by atoms with Gasteiger partial charge in [-0.3, -0.25) is 9.52 Å². The lowest BCUT2D eigenvalue weighted by Crippen LogP contribution is -2.25. The second-order valence-electron chi connectivity index (χ2n) is 5.85. The molecule has 152 valence electrons. The average molecular weight is 441 g/mol. The van der Waals surface area contributed by atoms with Crippen molar-refractivity contribution in [2.75, 3.05) is 4.72 Å². The largest absolute Gasteiger partial charge is 0.416 e. The van der Waals surface area contributed by atoms with Gasteiger partial charge < -0.3 is 5.32 Å². The molecule has 0 aliphatic heterocycles. The first-order chi connectivity index (χ1) is 13.7. The molecular formula is C18H14F3N3O3S2. The van der Waals surface area contributed by atoms with Gasteiger partial charge in [-0.1, -0.05) is 24.3 Å². The Kier molecular flexibility index (Phi) is 5.89. The van der Waals surface area contributed by atoms with Crippen LogP contribution in [0.1, 0.15) is 21.5 Å². The van der Waals surface area contributed by atoms with Crippen molar-refractivity contribution >= 4 is 33.1 Å². The van der Waals surface area contributed by atoms with Gasteiger partial charge in [-0.05, 0) is 29.8 Å². The molecule has 0 saturated heterocycles. The van der Waals surface area contributed by atoms with E-state index in [2.05, 4.69) is 15.0 Å². The molecule has 0 aliphatic rings. The van der Waals surface area contributed by atoms with E-state index in [9.17, 15) is 26.4 Å². The molecule has 0 spiro atoms. The number of amides is 1. The fourth-order valence-corrected chi connectivity index (χ4v) is 4.27. The summed E-state index contributed by atoms with van der Waals surface area (Å²) in [4.78, 5) is 15.4. The zero-order valence-corrected chi connectivity index (χ0v) is 16.2. The molecule has 0 fully saturated rings. The summed E-state index contributed by atoms with van der Waals surface area (Å²) in [5.74, 6) is -0.493. The Bertz CT molecular complexity index is 1100. The van der Waals surface area contributed by atoms with Crippen molar-refractivity contribution < 1.29 is 26.4 Å². The number of nitrogens with one attached hydrogen (secondary N) is 2. The maximum atomic E-state index is 13.1. The fraction of sp³-hybridized carbons (Fsp3) is 0.111. The topological polar surface area (TPSA) is 88.2 Å². The van der Waals surface area contributed by atoms with Gasteiger partial charge in [0.15, 0.2) is 5.82 Å². The van der Waals surface area contributed by atoms with Crippen molar-refractivity contribution in [3.05, 3.63) is 76.1 Å². The van der Waals surface area contributed by atoms with Gasteiger partial charge in [-0.15, -0.1) is 11.3 Å². The van der Waals surface area contributed by atoms with Crippen LogP contribution in [-0.2, 0) is 22.7 Å². The van der Waals surface area contributed by atoms with E-state index in [0.29, 0.717) is 11.6 Å². The molecule has 2 N–H and O–H groups in total. The molecule has 1 amide bonds. The first kappa shape index (κ1) is 20.8. The number of sulfonamides is 1. The molecular weight excluding hydrogens is 427 g/mol. The number of nitrogens with zero attached hydrogens (tertiary/aromatic N) is 1. The number of hydrogen-bond donors (Lipinski definition) is 2. The van der Waals surface area contributed by atoms with Crippen molar-refractivity contribution in [1.29, 1.82) is 0 Å². The molecule has 1 aromatic heterocycles. The van der Waals surface area contributed by atoms with Gasteiger partial charge in [0.05, 0.1) is 16.0 Å². The molecule has 3 aromatic rings. The molecule has 29 heavy (non-hydrogen) atoms. The average Bonchev–Trinajstić information content (AvgIpc) is 3.18. The minimum Gasteiger partial charge on any atom is -0.348 e. The third-order valence-corrected chi connectivity index (χ3v) is 5.85. The van der Waals surface area contributed by atoms with E-state index in [1.807, 2.05) is 0 Å². The maximum absolute atomic E-state index is 13.1. The van der Waals surface area contributed by atoms with E-state index in [1.54, 1.807) is 30.3 Å². The quantitative estimate of drug-likeness (QED) is 0.608. The van der Waals surface area contributed by atoms with Crippen LogP contribution < -0.4 is 10.0 Å². The van der Waals surface area contributed by atoms with E-state index in [-0.39, 0.29) is 17.9 Å². The number of thiazole rings is 1. The van der Waals surface area contributed by atoms with Crippen LogP contribution in [0, 0.1) is 0 Å². The summed E-state index contributed by atoms with van der Waals surface area (Å²) in [6.45, 7) is -0.279. The van der Waals surface area contributed by atoms with Crippen molar-refractivity contribution in [1.82, 2.24) is 10.3 Å². The highest BCUT2D eigenvalue weighted by Crippen LogP contribution is 2.32. The lowest BCUT2D eigenvalue weighted by atomic mass is 10.1. The second kappa shape index (κ2) is 8.21. The SMILES string of the molecule is O=C(NCc1ccc(C(F)(F)F)cc1S(=O)(=O)Nc1cscn1)c1ccccc1. The van der Waals surface area contributed by atoms with Gasteiger partial charge in [-0.2, -0.15) is 13.2 Å². The van der Waals surface area contributed by atoms with E-state index in [0.717, 1.165) is 23.5 Å². The standard InChI is InChI=1S/C18H14F3N3O3S2/c19-18(20,21)14-7-6-13(9-22-17(25)12-4-2-1-3-5-12)15(8-14)29(26,27)24-16-10-28-11-23-16/h1-8,10-11,24H,9H2,(H,22,25). The monoisotopic (exact) mass is 441 g/mol. The number of halogens is 3. The van der Waals surface area contributed by atoms with Crippen molar-refractivity contribution in [2.45, 2.75) is 17.6 Å². The van der Waals surface area contributed by atoms with Gasteiger partial charge in [0.25, 0.3) is 15.9 Å². The van der Waals surface area contributed by atoms with Crippen molar-refractivity contribution in [3.8, 4) is 0 Å². The number of alkyl halides is 3. The Labute approximate surface area is 168 Å².